The van der Waals surface area contributed by atoms with Gasteiger partial charge < -0.3 is 24.4 Å². The van der Waals surface area contributed by atoms with E-state index >= 15 is 0 Å². The van der Waals surface area contributed by atoms with E-state index in [1.165, 1.54) is 4.57 Å². The molecule has 0 aromatic carbocycles. The van der Waals surface area contributed by atoms with Crippen molar-refractivity contribution in [2.24, 2.45) is 0 Å². The molecule has 0 bridgehead atoms. The van der Waals surface area contributed by atoms with Crippen LogP contribution in [0.25, 0.3) is 10.2 Å². The number of anilines is 4. The monoisotopic (exact) mass is 602 g/mol. The van der Waals surface area contributed by atoms with Gasteiger partial charge in [-0.2, -0.15) is 22.9 Å². The third-order valence-electron chi connectivity index (χ3n) is 6.94. The highest BCUT2D eigenvalue weighted by atomic mass is 32.1. The van der Waals surface area contributed by atoms with Gasteiger partial charge in [0.1, 0.15) is 21.9 Å². The number of hydrogen-bond acceptors (Lipinski definition) is 10. The van der Waals surface area contributed by atoms with Gasteiger partial charge in [-0.3, -0.25) is 0 Å². The Morgan fingerprint density at radius 3 is 2.71 bits per heavy atom. The molecule has 0 unspecified atom stereocenters. The zero-order valence-corrected chi connectivity index (χ0v) is 24.5. The lowest BCUT2D eigenvalue weighted by atomic mass is 10.2. The van der Waals surface area contributed by atoms with E-state index in [0.29, 0.717) is 37.1 Å². The van der Waals surface area contributed by atoms with Gasteiger partial charge in [-0.25, -0.2) is 4.98 Å². The number of aromatic nitrogens is 6. The van der Waals surface area contributed by atoms with Crippen LogP contribution in [0.1, 0.15) is 50.6 Å². The molecule has 222 valence electrons. The number of nitrogens with one attached hydrogen (secondary N) is 1. The number of fused-ring (bicyclic) bond motifs is 3. The average Bonchev–Trinajstić information content (AvgIpc) is 3.54. The molecule has 4 aromatic heterocycles. The van der Waals surface area contributed by atoms with E-state index in [-0.39, 0.29) is 18.9 Å². The van der Waals surface area contributed by atoms with Crippen molar-refractivity contribution >= 4 is 50.8 Å². The summed E-state index contributed by atoms with van der Waals surface area (Å²) in [5.74, 6) is 0.321. The summed E-state index contributed by atoms with van der Waals surface area (Å²) in [6.07, 6.45) is 0.107. The zero-order valence-electron chi connectivity index (χ0n) is 23.7. The standard InChI is InChI=1S/C27H30F3N9O2S/c1-5-6-16-13-17-21(36-11-12-39-20(15-36)34-35-23(39)27(28,29)30)32-24(33-22(17)42-16)38-10-8-31-18-7-9-37(14-19(18)38)25(40)41-26(2,3)4/h7,9,13-14H,5-6,8,10-12,15H2,1-4H3/p+1. The Kier molecular flexibility index (Phi) is 6.94. The summed E-state index contributed by atoms with van der Waals surface area (Å²) in [6, 6.07) is 3.89. The minimum atomic E-state index is -4.57. The van der Waals surface area contributed by atoms with Gasteiger partial charge in [0.2, 0.25) is 18.0 Å². The Balaban J connectivity index is 1.41. The molecule has 1 N–H and O–H groups in total. The number of aryl methyl sites for hydroxylation is 1. The number of thiophene rings is 1. The van der Waals surface area contributed by atoms with Crippen LogP contribution in [-0.2, 0) is 30.4 Å². The summed E-state index contributed by atoms with van der Waals surface area (Å²) in [4.78, 5) is 28.6. The number of carbonyl (C=O) groups is 1. The van der Waals surface area contributed by atoms with E-state index in [1.54, 1.807) is 23.7 Å². The number of carbonyl (C=O) groups excluding carboxylic acids is 1. The Morgan fingerprint density at radius 1 is 1.17 bits per heavy atom. The molecule has 0 radical (unpaired) electrons. The van der Waals surface area contributed by atoms with Crippen LogP contribution in [0.2, 0.25) is 0 Å². The second-order valence-electron chi connectivity index (χ2n) is 11.2. The molecule has 42 heavy (non-hydrogen) atoms. The lowest BCUT2D eigenvalue weighted by molar-refractivity contribution is -0.587. The van der Waals surface area contributed by atoms with Gasteiger partial charge in [-0.1, -0.05) is 17.9 Å². The number of halogens is 3. The Morgan fingerprint density at radius 2 is 1.98 bits per heavy atom. The molecule has 0 saturated heterocycles. The van der Waals surface area contributed by atoms with Crippen molar-refractivity contribution in [2.75, 3.05) is 34.8 Å². The number of nitrogens with zero attached hydrogens (tertiary/aromatic N) is 8. The average molecular weight is 603 g/mol. The van der Waals surface area contributed by atoms with Crippen LogP contribution >= 0.6 is 11.3 Å². The van der Waals surface area contributed by atoms with E-state index in [4.69, 9.17) is 14.7 Å². The maximum Gasteiger partial charge on any atom is 0.602 e. The van der Waals surface area contributed by atoms with Gasteiger partial charge in [0.25, 0.3) is 0 Å². The molecule has 0 atom stereocenters. The van der Waals surface area contributed by atoms with Gasteiger partial charge in [0.15, 0.2) is 12.0 Å². The highest BCUT2D eigenvalue weighted by Gasteiger charge is 2.40. The fraction of sp³-hybridized carbons (Fsp3) is 0.481. The van der Waals surface area contributed by atoms with Gasteiger partial charge in [0.05, 0.1) is 17.6 Å². The molecular weight excluding hydrogens is 571 g/mol. The number of rotatable bonds is 4. The van der Waals surface area contributed by atoms with E-state index in [0.717, 1.165) is 38.2 Å². The first-order chi connectivity index (χ1) is 19.9. The van der Waals surface area contributed by atoms with Crippen molar-refractivity contribution in [3.63, 3.8) is 0 Å². The van der Waals surface area contributed by atoms with E-state index < -0.39 is 23.7 Å². The maximum absolute atomic E-state index is 13.5. The largest absolute Gasteiger partial charge is 0.602 e. The molecule has 0 saturated carbocycles. The minimum absolute atomic E-state index is 0.0797. The van der Waals surface area contributed by atoms with Crippen LogP contribution in [0, 0.1) is 0 Å². The van der Waals surface area contributed by atoms with Crippen molar-refractivity contribution in [3.8, 4) is 0 Å². The first-order valence-electron chi connectivity index (χ1n) is 13.8. The van der Waals surface area contributed by atoms with E-state index in [2.05, 4.69) is 28.5 Å². The lowest BCUT2D eigenvalue weighted by Crippen LogP contribution is -2.47. The van der Waals surface area contributed by atoms with Crippen LogP contribution in [0.5, 0.6) is 0 Å². The highest BCUT2D eigenvalue weighted by molar-refractivity contribution is 7.18. The molecule has 0 amide bonds. The summed E-state index contributed by atoms with van der Waals surface area (Å²) >= 11 is 1.59. The van der Waals surface area contributed by atoms with Crippen molar-refractivity contribution < 1.29 is 27.3 Å². The van der Waals surface area contributed by atoms with Gasteiger partial charge in [-0.15, -0.1) is 21.5 Å². The fourth-order valence-electron chi connectivity index (χ4n) is 5.13. The maximum atomic E-state index is 13.5. The highest BCUT2D eigenvalue weighted by Crippen LogP contribution is 2.39. The topological polar surface area (TPSA) is 105 Å². The first-order valence-corrected chi connectivity index (χ1v) is 14.6. The van der Waals surface area contributed by atoms with Crippen LogP contribution in [0.4, 0.5) is 41.1 Å². The van der Waals surface area contributed by atoms with Crippen LogP contribution in [0.3, 0.4) is 0 Å². The zero-order chi connectivity index (χ0) is 29.8. The predicted octanol–water partition coefficient (Wildman–Crippen LogP) is 4.91. The quantitative estimate of drug-likeness (QED) is 0.326. The second-order valence-corrected chi connectivity index (χ2v) is 12.4. The molecule has 2 aliphatic rings. The Labute approximate surface area is 244 Å². The number of alkyl halides is 3. The molecule has 6 heterocycles. The fourth-order valence-corrected chi connectivity index (χ4v) is 6.25. The molecule has 0 aliphatic carbocycles. The number of pyridine rings is 1. The lowest BCUT2D eigenvalue weighted by Gasteiger charge is -2.32. The molecule has 4 aromatic rings. The summed E-state index contributed by atoms with van der Waals surface area (Å²) < 4.78 is 48.4. The smallest absolute Gasteiger partial charge is 0.406 e. The van der Waals surface area contributed by atoms with Gasteiger partial charge in [-0.05, 0) is 33.3 Å². The van der Waals surface area contributed by atoms with Crippen molar-refractivity contribution in [1.82, 2.24) is 24.7 Å². The molecule has 2 aliphatic heterocycles. The third-order valence-corrected chi connectivity index (χ3v) is 8.03. The summed E-state index contributed by atoms with van der Waals surface area (Å²) in [5, 5.41) is 11.5. The Bertz CT molecular complexity index is 1660. The third kappa shape index (κ3) is 5.32. The predicted molar refractivity (Wildman–Crippen MR) is 151 cm³/mol. The summed E-state index contributed by atoms with van der Waals surface area (Å²) in [7, 11) is 0. The normalized spacial score (nSPS) is 15.4. The molecular formula is C27H31F3N9O2S+. The van der Waals surface area contributed by atoms with Crippen LogP contribution in [-0.4, -0.2) is 56.1 Å². The first kappa shape index (κ1) is 28.1. The molecule has 0 fully saturated rings. The van der Waals surface area contributed by atoms with E-state index in [1.807, 2.05) is 36.6 Å². The van der Waals surface area contributed by atoms with Gasteiger partial charge >= 0.3 is 12.3 Å². The summed E-state index contributed by atoms with van der Waals surface area (Å²) in [6.45, 7) is 9.20. The van der Waals surface area contributed by atoms with Gasteiger partial charge in [0, 0.05) is 37.1 Å². The molecule has 0 spiro atoms. The molecule has 6 rings (SSSR count). The minimum Gasteiger partial charge on any atom is -0.406 e. The van der Waals surface area contributed by atoms with Crippen LogP contribution < -0.4 is 19.7 Å². The van der Waals surface area contributed by atoms with Crippen LogP contribution in [0.15, 0.2) is 24.5 Å². The number of hydrogen-bond donors (Lipinski definition) is 1. The van der Waals surface area contributed by atoms with Crippen molar-refractivity contribution in [3.05, 3.63) is 41.1 Å². The second kappa shape index (κ2) is 10.4. The Hall–Kier alpha value is -4.01. The summed E-state index contributed by atoms with van der Waals surface area (Å²) in [5.41, 5.74) is 0.865. The van der Waals surface area contributed by atoms with Crippen molar-refractivity contribution in [1.29, 1.82) is 0 Å². The van der Waals surface area contributed by atoms with E-state index in [9.17, 15) is 18.0 Å². The SMILES string of the molecule is CCCc1cc2c(N3CCn4c(nnc4C(F)(F)F)C3)nc(N3CCNc4cc[n+](C(=O)OC(C)(C)C)cc43)nc2s1. The van der Waals surface area contributed by atoms with Crippen molar-refractivity contribution in [2.45, 2.75) is 65.4 Å². The molecule has 11 nitrogen and oxygen atoms in total. The molecule has 15 heteroatoms. The number of ether oxygens (including phenoxy) is 1.